The highest BCUT2D eigenvalue weighted by molar-refractivity contribution is 6.31. The third kappa shape index (κ3) is 9.31. The van der Waals surface area contributed by atoms with Crippen molar-refractivity contribution in [2.45, 2.75) is 0 Å². The van der Waals surface area contributed by atoms with Gasteiger partial charge in [-0.25, -0.2) is 0 Å². The van der Waals surface area contributed by atoms with Gasteiger partial charge in [-0.05, 0) is 181 Å². The van der Waals surface area contributed by atoms with Crippen molar-refractivity contribution in [2.24, 2.45) is 0 Å². The van der Waals surface area contributed by atoms with Crippen LogP contribution in [0, 0.1) is 0 Å². The largest absolute Gasteiger partial charge is 0.0622 e. The maximum absolute atomic E-state index is 2.34. The number of hydrogen-bond donors (Lipinski definition) is 0. The summed E-state index contributed by atoms with van der Waals surface area (Å²) in [5, 5.41) is 20.3. The summed E-state index contributed by atoms with van der Waals surface area (Å²) in [6, 6.07) is 133. The smallest absolute Gasteiger partial charge is 0.00139 e. The lowest BCUT2D eigenvalue weighted by atomic mass is 9.79. The topological polar surface area (TPSA) is 0 Å². The maximum atomic E-state index is 2.34. The number of fused-ring (bicyclic) bond motifs is 8. The Morgan fingerprint density at radius 1 is 0.109 bits per heavy atom. The molecule has 0 heteroatoms. The van der Waals surface area contributed by atoms with Gasteiger partial charge >= 0.3 is 0 Å². The maximum Gasteiger partial charge on any atom is -0.00139 e. The van der Waals surface area contributed by atoms with Gasteiger partial charge in [-0.1, -0.05) is 358 Å². The molecule has 0 radical (unpaired) electrons. The molecule has 0 aromatic heterocycles. The van der Waals surface area contributed by atoms with Crippen molar-refractivity contribution >= 4 is 86.2 Å². The van der Waals surface area contributed by atoms with Crippen LogP contribution in [0.15, 0.2) is 364 Å². The van der Waals surface area contributed by atoms with E-state index >= 15 is 0 Å². The molecule has 0 spiro atoms. The summed E-state index contributed by atoms with van der Waals surface area (Å²) in [6.45, 7) is 0. The quantitative estimate of drug-likeness (QED) is 0.133. The van der Waals surface area contributed by atoms with Crippen LogP contribution in [0.5, 0.6) is 0 Å². The Morgan fingerprint density at radius 3 is 0.793 bits per heavy atom. The van der Waals surface area contributed by atoms with Crippen molar-refractivity contribution in [3.8, 4) is 89.0 Å². The molecule has 0 fully saturated rings. The first-order chi connectivity index (χ1) is 45.7. The van der Waals surface area contributed by atoms with Gasteiger partial charge < -0.3 is 0 Å². The summed E-state index contributed by atoms with van der Waals surface area (Å²) >= 11 is 0. The zero-order valence-electron chi connectivity index (χ0n) is 50.6. The highest BCUT2D eigenvalue weighted by atomic mass is 14.3. The van der Waals surface area contributed by atoms with E-state index in [1.807, 2.05) is 0 Å². The van der Waals surface area contributed by atoms with Crippen molar-refractivity contribution in [3.63, 3.8) is 0 Å². The summed E-state index contributed by atoms with van der Waals surface area (Å²) in [7, 11) is 0. The second-order valence-corrected chi connectivity index (χ2v) is 24.0. The third-order valence-electron chi connectivity index (χ3n) is 18.9. The van der Waals surface area contributed by atoms with Gasteiger partial charge in [0.15, 0.2) is 0 Å². The fraction of sp³-hybridized carbons (Fsp3) is 0. The van der Waals surface area contributed by atoms with Crippen LogP contribution in [0.3, 0.4) is 0 Å². The molecule has 18 aromatic rings. The van der Waals surface area contributed by atoms with Crippen LogP contribution in [-0.2, 0) is 0 Å². The standard InChI is InChI=1S/C52H34.C40H26/c1-3-19-35(20-4-1)37-23-7-9-25-39(37)49-41-27-11-15-31-45(41)51(46-32-16-12-28-42(46)49)52-47-33-17-13-29-43(47)50(44-30-14-18-34-48(44)52)40-26-10-8-24-38(40)36-21-5-2-6-22-36;1-2-12-31-26-32(25-20-27(31)10-1)40-37-17-7-5-15-35(37)39(36-16-6-8-18-38(36)40)30-23-21-29(22-24-30)34-19-9-13-28-11-3-4-14-33(28)34/h1-34H;1-26H. The van der Waals surface area contributed by atoms with Gasteiger partial charge in [-0.2, -0.15) is 0 Å². The first kappa shape index (κ1) is 54.2. The number of benzene rings is 18. The van der Waals surface area contributed by atoms with Crippen molar-refractivity contribution < 1.29 is 0 Å². The Kier molecular flexibility index (Phi) is 13.7. The molecule has 0 unspecified atom stereocenters. The molecular weight excluding hydrogens is 1110 g/mol. The average Bonchev–Trinajstić information content (AvgIpc) is 0.720. The van der Waals surface area contributed by atoms with Crippen LogP contribution in [0.25, 0.3) is 175 Å². The van der Waals surface area contributed by atoms with Gasteiger partial charge in [0.25, 0.3) is 0 Å². The summed E-state index contributed by atoms with van der Waals surface area (Å²) < 4.78 is 0. The molecule has 18 aromatic carbocycles. The van der Waals surface area contributed by atoms with Crippen LogP contribution in [0.4, 0.5) is 0 Å². The molecule has 0 aliphatic rings. The molecule has 0 amide bonds. The molecule has 0 N–H and O–H groups in total. The first-order valence-electron chi connectivity index (χ1n) is 31.9. The highest BCUT2D eigenvalue weighted by Crippen LogP contribution is 2.52. The molecule has 0 aliphatic carbocycles. The van der Waals surface area contributed by atoms with E-state index in [2.05, 4.69) is 364 Å². The fourth-order valence-corrected chi connectivity index (χ4v) is 14.9. The van der Waals surface area contributed by atoms with Gasteiger partial charge in [0.2, 0.25) is 0 Å². The zero-order valence-corrected chi connectivity index (χ0v) is 50.6. The minimum atomic E-state index is 1.22. The van der Waals surface area contributed by atoms with E-state index in [4.69, 9.17) is 0 Å². The molecule has 0 bridgehead atoms. The van der Waals surface area contributed by atoms with Gasteiger partial charge in [0.05, 0.1) is 0 Å². The second kappa shape index (κ2) is 23.2. The zero-order chi connectivity index (χ0) is 60.9. The van der Waals surface area contributed by atoms with E-state index < -0.39 is 0 Å². The van der Waals surface area contributed by atoms with Gasteiger partial charge in [0, 0.05) is 0 Å². The minimum Gasteiger partial charge on any atom is -0.0622 e. The van der Waals surface area contributed by atoms with E-state index in [1.54, 1.807) is 0 Å². The Morgan fingerprint density at radius 2 is 0.370 bits per heavy atom. The van der Waals surface area contributed by atoms with Crippen molar-refractivity contribution in [3.05, 3.63) is 364 Å². The molecule has 0 nitrogen and oxygen atoms in total. The number of hydrogen-bond acceptors (Lipinski definition) is 0. The van der Waals surface area contributed by atoms with Gasteiger partial charge in [-0.3, -0.25) is 0 Å². The van der Waals surface area contributed by atoms with E-state index in [9.17, 15) is 0 Å². The molecule has 0 aliphatic heterocycles. The Hall–Kier alpha value is -12.0. The molecule has 0 heterocycles. The summed E-state index contributed by atoms with van der Waals surface area (Å²) in [5.41, 5.74) is 20.1. The van der Waals surface area contributed by atoms with Crippen molar-refractivity contribution in [2.75, 3.05) is 0 Å². The predicted molar refractivity (Wildman–Crippen MR) is 396 cm³/mol. The average molecular weight is 1170 g/mol. The van der Waals surface area contributed by atoms with E-state index in [0.29, 0.717) is 0 Å². The van der Waals surface area contributed by atoms with E-state index in [1.165, 1.54) is 175 Å². The normalized spacial score (nSPS) is 11.5. The van der Waals surface area contributed by atoms with Crippen molar-refractivity contribution in [1.82, 2.24) is 0 Å². The summed E-state index contributed by atoms with van der Waals surface area (Å²) in [6.07, 6.45) is 0. The lowest BCUT2D eigenvalue weighted by Gasteiger charge is -2.23. The molecule has 0 saturated heterocycles. The van der Waals surface area contributed by atoms with Crippen molar-refractivity contribution in [1.29, 1.82) is 0 Å². The fourth-order valence-electron chi connectivity index (χ4n) is 14.9. The van der Waals surface area contributed by atoms with Gasteiger partial charge in [0.1, 0.15) is 0 Å². The van der Waals surface area contributed by atoms with Crippen LogP contribution < -0.4 is 0 Å². The third-order valence-corrected chi connectivity index (χ3v) is 18.9. The highest BCUT2D eigenvalue weighted by Gasteiger charge is 2.25. The Bertz CT molecular complexity index is 5480. The molecule has 428 valence electrons. The lowest BCUT2D eigenvalue weighted by Crippen LogP contribution is -1.96. The van der Waals surface area contributed by atoms with Crippen LogP contribution in [0.1, 0.15) is 0 Å². The monoisotopic (exact) mass is 1160 g/mol. The molecule has 18 rings (SSSR count). The van der Waals surface area contributed by atoms with Crippen LogP contribution in [0.2, 0.25) is 0 Å². The number of rotatable bonds is 8. The Labute approximate surface area is 535 Å². The van der Waals surface area contributed by atoms with Crippen LogP contribution >= 0.6 is 0 Å². The van der Waals surface area contributed by atoms with Gasteiger partial charge in [-0.15, -0.1) is 0 Å². The Balaban J connectivity index is 0.000000146. The SMILES string of the molecule is c1ccc(-c2ccccc2-c2c3ccccc3c(-c3c4ccccc4c(-c4ccccc4-c4ccccc4)c4ccccc34)c3ccccc23)cc1.c1ccc2cc(-c3c4ccccc4c(-c4ccc(-c5cccc6ccccc56)cc4)c4ccccc34)ccc2c1. The van der Waals surface area contributed by atoms with Crippen LogP contribution in [-0.4, -0.2) is 0 Å². The predicted octanol–water partition coefficient (Wildman–Crippen LogP) is 25.9. The summed E-state index contributed by atoms with van der Waals surface area (Å²) in [5.74, 6) is 0. The molecule has 92 heavy (non-hydrogen) atoms. The molecular formula is C92H60. The summed E-state index contributed by atoms with van der Waals surface area (Å²) in [4.78, 5) is 0. The van der Waals surface area contributed by atoms with E-state index in [0.717, 1.165) is 0 Å². The molecule has 0 saturated carbocycles. The van der Waals surface area contributed by atoms with E-state index in [-0.39, 0.29) is 0 Å². The minimum absolute atomic E-state index is 1.22. The first-order valence-corrected chi connectivity index (χ1v) is 31.9. The second-order valence-electron chi connectivity index (χ2n) is 24.0. The molecule has 0 atom stereocenters. The lowest BCUT2D eigenvalue weighted by molar-refractivity contribution is 1.60.